The van der Waals surface area contributed by atoms with Gasteiger partial charge in [-0.1, -0.05) is 59.7 Å². The number of fused-ring (bicyclic) bond motifs is 2. The van der Waals surface area contributed by atoms with Gasteiger partial charge in [-0.2, -0.15) is 0 Å². The van der Waals surface area contributed by atoms with Crippen molar-refractivity contribution < 1.29 is 4.79 Å². The quantitative estimate of drug-likeness (QED) is 0.755. The van der Waals surface area contributed by atoms with E-state index in [1.807, 2.05) is 12.1 Å². The van der Waals surface area contributed by atoms with E-state index >= 15 is 0 Å². The average Bonchev–Trinajstić information content (AvgIpc) is 2.85. The van der Waals surface area contributed by atoms with Crippen LogP contribution in [0, 0.1) is 19.8 Å². The Morgan fingerprint density at radius 3 is 2.16 bits per heavy atom. The van der Waals surface area contributed by atoms with E-state index in [0.717, 1.165) is 18.4 Å². The van der Waals surface area contributed by atoms with Crippen LogP contribution in [0.1, 0.15) is 52.2 Å². The molecule has 2 bridgehead atoms. The van der Waals surface area contributed by atoms with Crippen LogP contribution in [0.4, 0.5) is 0 Å². The number of carbonyl (C=O) groups is 1. The number of hydrogen-bond donors (Lipinski definition) is 0. The first-order valence-electron chi connectivity index (χ1n) is 9.44. The number of Topliss-reactive ketones (excluding diaryl/α,β-unsaturated/α-hetero) is 1. The van der Waals surface area contributed by atoms with Crippen molar-refractivity contribution in [3.8, 4) is 0 Å². The molecule has 2 aliphatic heterocycles. The molecule has 25 heavy (non-hydrogen) atoms. The smallest absolute Gasteiger partial charge is 0.168 e. The highest BCUT2D eigenvalue weighted by molar-refractivity contribution is 5.99. The number of piperidine rings is 1. The lowest BCUT2D eigenvalue weighted by Gasteiger charge is -2.42. The van der Waals surface area contributed by atoms with E-state index in [0.29, 0.717) is 23.8 Å². The van der Waals surface area contributed by atoms with Gasteiger partial charge in [0.25, 0.3) is 0 Å². The maximum absolute atomic E-state index is 13.5. The fourth-order valence-electron chi connectivity index (χ4n) is 4.89. The third-order valence-corrected chi connectivity index (χ3v) is 6.41. The van der Waals surface area contributed by atoms with Gasteiger partial charge in [-0.25, -0.2) is 0 Å². The molecule has 2 nitrogen and oxygen atoms in total. The van der Waals surface area contributed by atoms with Crippen LogP contribution in [0.2, 0.25) is 0 Å². The van der Waals surface area contributed by atoms with Gasteiger partial charge < -0.3 is 0 Å². The van der Waals surface area contributed by atoms with E-state index in [-0.39, 0.29) is 5.92 Å². The number of hydrogen-bond acceptors (Lipinski definition) is 2. The second-order valence-electron chi connectivity index (χ2n) is 7.97. The second-order valence-corrected chi connectivity index (χ2v) is 7.97. The Labute approximate surface area is 150 Å². The fourth-order valence-corrected chi connectivity index (χ4v) is 4.89. The maximum atomic E-state index is 13.5. The summed E-state index contributed by atoms with van der Waals surface area (Å²) in [6, 6.07) is 18.0. The van der Waals surface area contributed by atoms with Gasteiger partial charge in [0.05, 0.1) is 0 Å². The molecule has 4 atom stereocenters. The number of benzene rings is 2. The van der Waals surface area contributed by atoms with Crippen LogP contribution < -0.4 is 0 Å². The van der Waals surface area contributed by atoms with Crippen molar-refractivity contribution in [2.45, 2.75) is 51.1 Å². The Bertz CT molecular complexity index is 762. The highest BCUT2D eigenvalue weighted by Crippen LogP contribution is 2.47. The molecule has 2 heterocycles. The molecule has 4 rings (SSSR count). The molecule has 2 saturated heterocycles. The van der Waals surface area contributed by atoms with E-state index in [9.17, 15) is 4.79 Å². The molecule has 2 heteroatoms. The molecular weight excluding hydrogens is 306 g/mol. The van der Waals surface area contributed by atoms with Crippen molar-refractivity contribution in [3.63, 3.8) is 0 Å². The lowest BCUT2D eigenvalue weighted by atomic mass is 9.72. The maximum Gasteiger partial charge on any atom is 0.168 e. The van der Waals surface area contributed by atoms with Gasteiger partial charge in [-0.3, -0.25) is 9.69 Å². The Balaban J connectivity index is 1.72. The minimum atomic E-state index is 0.0640. The number of rotatable bonds is 3. The summed E-state index contributed by atoms with van der Waals surface area (Å²) in [6.07, 6.45) is 3.46. The SMILES string of the molecule is Cc1ccc(C(=O)[C@H]2[C@@H](c3ccc(C)cc3)C[C@@H]3CC[C@H]2N3C)cc1. The fraction of sp³-hybridized carbons (Fsp3) is 0.435. The van der Waals surface area contributed by atoms with Crippen LogP contribution in [0.3, 0.4) is 0 Å². The van der Waals surface area contributed by atoms with Crippen LogP contribution in [-0.4, -0.2) is 29.8 Å². The van der Waals surface area contributed by atoms with Crippen LogP contribution in [0.25, 0.3) is 0 Å². The molecule has 2 fully saturated rings. The van der Waals surface area contributed by atoms with Crippen LogP contribution in [0.15, 0.2) is 48.5 Å². The van der Waals surface area contributed by atoms with Gasteiger partial charge >= 0.3 is 0 Å². The Morgan fingerprint density at radius 2 is 1.52 bits per heavy atom. The van der Waals surface area contributed by atoms with Crippen LogP contribution in [0.5, 0.6) is 0 Å². The third-order valence-electron chi connectivity index (χ3n) is 6.41. The lowest BCUT2D eigenvalue weighted by molar-refractivity contribution is 0.0643. The molecule has 130 valence electrons. The van der Waals surface area contributed by atoms with Crippen LogP contribution in [-0.2, 0) is 0 Å². The summed E-state index contributed by atoms with van der Waals surface area (Å²) < 4.78 is 0. The zero-order valence-corrected chi connectivity index (χ0v) is 15.4. The number of nitrogens with zero attached hydrogens (tertiary/aromatic N) is 1. The molecule has 2 aromatic rings. The minimum absolute atomic E-state index is 0.0640. The van der Waals surface area contributed by atoms with Gasteiger partial charge in [-0.15, -0.1) is 0 Å². The summed E-state index contributed by atoms with van der Waals surface area (Å²) in [6.45, 7) is 4.19. The topological polar surface area (TPSA) is 20.3 Å². The molecular formula is C23H27NO. The Kier molecular flexibility index (Phi) is 4.24. The number of aryl methyl sites for hydroxylation is 2. The van der Waals surface area contributed by atoms with E-state index in [1.165, 1.54) is 23.1 Å². The summed E-state index contributed by atoms with van der Waals surface area (Å²) >= 11 is 0. The summed E-state index contributed by atoms with van der Waals surface area (Å²) in [5, 5.41) is 0. The molecule has 0 unspecified atom stereocenters. The minimum Gasteiger partial charge on any atom is -0.300 e. The molecule has 0 spiro atoms. The molecule has 0 aliphatic carbocycles. The van der Waals surface area contributed by atoms with Crippen molar-refractivity contribution in [2.24, 2.45) is 5.92 Å². The summed E-state index contributed by atoms with van der Waals surface area (Å²) in [4.78, 5) is 15.9. The zero-order chi connectivity index (χ0) is 17.6. The molecule has 0 amide bonds. The molecule has 2 aromatic carbocycles. The van der Waals surface area contributed by atoms with Crippen molar-refractivity contribution in [3.05, 3.63) is 70.8 Å². The van der Waals surface area contributed by atoms with E-state index in [4.69, 9.17) is 0 Å². The van der Waals surface area contributed by atoms with E-state index in [1.54, 1.807) is 0 Å². The van der Waals surface area contributed by atoms with Crippen molar-refractivity contribution in [1.82, 2.24) is 4.90 Å². The van der Waals surface area contributed by atoms with Gasteiger partial charge in [0, 0.05) is 23.6 Å². The summed E-state index contributed by atoms with van der Waals surface area (Å²) in [5.41, 5.74) is 4.68. The van der Waals surface area contributed by atoms with Crippen molar-refractivity contribution >= 4 is 5.78 Å². The van der Waals surface area contributed by atoms with Crippen LogP contribution >= 0.6 is 0 Å². The monoisotopic (exact) mass is 333 g/mol. The Morgan fingerprint density at radius 1 is 0.920 bits per heavy atom. The van der Waals surface area contributed by atoms with Gasteiger partial charge in [0.2, 0.25) is 0 Å². The first-order chi connectivity index (χ1) is 12.0. The average molecular weight is 333 g/mol. The highest BCUT2D eigenvalue weighted by Gasteiger charge is 2.48. The molecule has 2 aliphatic rings. The summed E-state index contributed by atoms with van der Waals surface area (Å²) in [5.74, 6) is 0.722. The second kappa shape index (κ2) is 6.42. The number of ketones is 1. The molecule has 0 radical (unpaired) electrons. The predicted molar refractivity (Wildman–Crippen MR) is 102 cm³/mol. The van der Waals surface area contributed by atoms with E-state index in [2.05, 4.69) is 62.2 Å². The lowest BCUT2D eigenvalue weighted by Crippen LogP contribution is -2.48. The third kappa shape index (κ3) is 2.93. The van der Waals surface area contributed by atoms with E-state index < -0.39 is 0 Å². The number of carbonyl (C=O) groups excluding carboxylic acids is 1. The van der Waals surface area contributed by atoms with Gasteiger partial charge in [-0.05, 0) is 51.6 Å². The van der Waals surface area contributed by atoms with Gasteiger partial charge in [0.1, 0.15) is 0 Å². The first kappa shape index (κ1) is 16.5. The standard InChI is InChI=1S/C23H27NO/c1-15-4-8-17(9-5-15)20-14-19-12-13-21(24(19)3)22(20)23(25)18-10-6-16(2)7-11-18/h4-11,19-22H,12-14H2,1-3H3/t19-,20+,21+,22-/m0/s1. The first-order valence-corrected chi connectivity index (χ1v) is 9.44. The Hall–Kier alpha value is -1.93. The highest BCUT2D eigenvalue weighted by atomic mass is 16.1. The van der Waals surface area contributed by atoms with Crippen molar-refractivity contribution in [2.75, 3.05) is 7.05 Å². The van der Waals surface area contributed by atoms with Gasteiger partial charge in [0.15, 0.2) is 5.78 Å². The largest absolute Gasteiger partial charge is 0.300 e. The normalized spacial score (nSPS) is 28.9. The molecule has 0 saturated carbocycles. The molecule has 0 aromatic heterocycles. The summed E-state index contributed by atoms with van der Waals surface area (Å²) in [7, 11) is 2.21. The molecule has 0 N–H and O–H groups in total. The zero-order valence-electron chi connectivity index (χ0n) is 15.4. The van der Waals surface area contributed by atoms with Crippen molar-refractivity contribution in [1.29, 1.82) is 0 Å². The predicted octanol–water partition coefficient (Wildman–Crippen LogP) is 4.75.